The van der Waals surface area contributed by atoms with Gasteiger partial charge in [-0.2, -0.15) is 0 Å². The van der Waals surface area contributed by atoms with Crippen molar-refractivity contribution in [1.29, 1.82) is 5.41 Å². The molecule has 1 saturated heterocycles. The van der Waals surface area contributed by atoms with Gasteiger partial charge in [0.1, 0.15) is 11.9 Å². The number of amidine groups is 1. The Morgan fingerprint density at radius 1 is 1.00 bits per heavy atom. The topological polar surface area (TPSA) is 97.3 Å². The molecule has 0 aliphatic carbocycles. The van der Waals surface area contributed by atoms with Gasteiger partial charge in [-0.1, -0.05) is 25.4 Å². The van der Waals surface area contributed by atoms with E-state index in [0.29, 0.717) is 22.2 Å². The average molecular weight is 428 g/mol. The van der Waals surface area contributed by atoms with Crippen LogP contribution in [0.25, 0.3) is 0 Å². The van der Waals surface area contributed by atoms with Gasteiger partial charge in [-0.25, -0.2) is 4.79 Å². The zero-order chi connectivity index (χ0) is 21.7. The van der Waals surface area contributed by atoms with E-state index in [4.69, 9.17) is 17.0 Å². The number of hydrogen-bond acceptors (Lipinski definition) is 3. The number of anilines is 3. The van der Waals surface area contributed by atoms with Gasteiger partial charge in [-0.15, -0.1) is 0 Å². The van der Waals surface area contributed by atoms with Gasteiger partial charge < -0.3 is 20.9 Å². The van der Waals surface area contributed by atoms with Crippen molar-refractivity contribution in [3.05, 3.63) is 53.6 Å². The van der Waals surface area contributed by atoms with Crippen molar-refractivity contribution in [2.45, 2.75) is 32.7 Å². The predicted octanol–water partition coefficient (Wildman–Crippen LogP) is 4.70. The lowest BCUT2D eigenvalue weighted by Gasteiger charge is -2.22. The first-order chi connectivity index (χ1) is 14.3. The molecule has 1 atom stereocenters. The minimum atomic E-state index is -0.705. The van der Waals surface area contributed by atoms with Crippen LogP contribution in [0.15, 0.2) is 48.5 Å². The van der Waals surface area contributed by atoms with Crippen LogP contribution in [-0.4, -0.2) is 30.4 Å². The quantitative estimate of drug-likeness (QED) is 0.537. The summed E-state index contributed by atoms with van der Waals surface area (Å²) in [4.78, 5) is 27.1. The van der Waals surface area contributed by atoms with E-state index in [0.717, 1.165) is 25.1 Å². The van der Waals surface area contributed by atoms with Crippen LogP contribution in [0.5, 0.6) is 0 Å². The summed E-state index contributed by atoms with van der Waals surface area (Å²) in [5.41, 5.74) is 2.17. The summed E-state index contributed by atoms with van der Waals surface area (Å²) in [6, 6.07) is 13.0. The summed E-state index contributed by atoms with van der Waals surface area (Å²) < 4.78 is 0. The van der Waals surface area contributed by atoms with E-state index in [1.54, 1.807) is 24.3 Å². The Morgan fingerprint density at radius 3 is 2.17 bits per heavy atom. The summed E-state index contributed by atoms with van der Waals surface area (Å²) in [7, 11) is 0. The molecule has 0 bridgehead atoms. The number of hydrogen-bond donors (Lipinski definition) is 4. The van der Waals surface area contributed by atoms with Crippen LogP contribution in [0, 0.1) is 11.3 Å². The normalized spacial score (nSPS) is 14.5. The first-order valence-corrected chi connectivity index (χ1v) is 10.3. The molecule has 4 N–H and O–H groups in total. The van der Waals surface area contributed by atoms with Crippen LogP contribution >= 0.6 is 11.6 Å². The van der Waals surface area contributed by atoms with Gasteiger partial charge in [-0.05, 0) is 60.9 Å². The molecule has 158 valence electrons. The molecule has 3 amide bonds. The minimum absolute atomic E-state index is 0.106. The van der Waals surface area contributed by atoms with Gasteiger partial charge in [0.15, 0.2) is 0 Å². The lowest BCUT2D eigenvalue weighted by Crippen LogP contribution is -2.48. The second-order valence-electron chi connectivity index (χ2n) is 7.57. The third-order valence-corrected chi connectivity index (χ3v) is 5.16. The number of nitrogens with one attached hydrogen (secondary N) is 4. The number of nitrogens with zero attached hydrogens (tertiary/aromatic N) is 1. The average Bonchev–Trinajstić information content (AvgIpc) is 3.14. The largest absolute Gasteiger partial charge is 0.330 e. The molecule has 3 rings (SSSR count). The Hall–Kier alpha value is -3.06. The molecule has 0 saturated carbocycles. The molecule has 7 nitrogen and oxygen atoms in total. The minimum Gasteiger partial charge on any atom is -0.330 e. The number of carbonyl (C=O) groups excluding carboxylic acids is 2. The van der Waals surface area contributed by atoms with Crippen molar-refractivity contribution in [3.8, 4) is 0 Å². The third-order valence-electron chi connectivity index (χ3n) is 4.91. The number of benzene rings is 2. The molecule has 1 aliphatic rings. The molecule has 30 heavy (non-hydrogen) atoms. The van der Waals surface area contributed by atoms with Crippen LogP contribution in [0.3, 0.4) is 0 Å². The predicted molar refractivity (Wildman–Crippen MR) is 122 cm³/mol. The molecule has 0 spiro atoms. The monoisotopic (exact) mass is 427 g/mol. The number of urea groups is 1. The van der Waals surface area contributed by atoms with Gasteiger partial charge >= 0.3 is 6.03 Å². The Morgan fingerprint density at radius 2 is 1.60 bits per heavy atom. The van der Waals surface area contributed by atoms with Crippen molar-refractivity contribution < 1.29 is 9.59 Å². The van der Waals surface area contributed by atoms with Gasteiger partial charge in [0.25, 0.3) is 0 Å². The highest BCUT2D eigenvalue weighted by atomic mass is 35.5. The Balaban J connectivity index is 1.60. The zero-order valence-corrected chi connectivity index (χ0v) is 17.8. The summed E-state index contributed by atoms with van der Waals surface area (Å²) in [6.45, 7) is 4.58. The SMILES string of the molecule is CC(C)C(NC(=O)Nc1ccc(Cl)cc1)C(=O)Nc1ccc(N2CCCC2=N)cc1. The molecule has 1 aliphatic heterocycles. The molecule has 8 heteroatoms. The molecule has 1 unspecified atom stereocenters. The standard InChI is InChI=1S/C22H26ClN5O2/c1-14(2)20(27-22(30)26-17-7-5-15(23)6-8-17)21(29)25-16-9-11-18(12-10-16)28-13-3-4-19(28)24/h5-12,14,20,24H,3-4,13H2,1-2H3,(H,25,29)(H2,26,27,30). The molecule has 1 fully saturated rings. The van der Waals surface area contributed by atoms with Gasteiger partial charge in [0.05, 0.1) is 0 Å². The number of amides is 3. The zero-order valence-electron chi connectivity index (χ0n) is 17.0. The fraction of sp³-hybridized carbons (Fsp3) is 0.318. The van der Waals surface area contributed by atoms with Crippen molar-refractivity contribution in [2.24, 2.45) is 5.92 Å². The first-order valence-electron chi connectivity index (χ1n) is 9.92. The van der Waals surface area contributed by atoms with Gasteiger partial charge in [0.2, 0.25) is 5.91 Å². The Labute approximate surface area is 181 Å². The van der Waals surface area contributed by atoms with Gasteiger partial charge in [-0.3, -0.25) is 10.2 Å². The van der Waals surface area contributed by atoms with E-state index in [1.165, 1.54) is 0 Å². The van der Waals surface area contributed by atoms with Gasteiger partial charge in [0, 0.05) is 35.1 Å². The number of rotatable bonds is 6. The Bertz CT molecular complexity index is 912. The third kappa shape index (κ3) is 5.51. The Kier molecular flexibility index (Phi) is 6.95. The van der Waals surface area contributed by atoms with E-state index in [9.17, 15) is 9.59 Å². The summed E-state index contributed by atoms with van der Waals surface area (Å²) >= 11 is 5.85. The molecule has 0 radical (unpaired) electrons. The fourth-order valence-electron chi connectivity index (χ4n) is 3.28. The van der Waals surface area contributed by atoms with E-state index in [2.05, 4.69) is 16.0 Å². The molecular weight excluding hydrogens is 402 g/mol. The molecule has 1 heterocycles. The van der Waals surface area contributed by atoms with Crippen molar-refractivity contribution in [2.75, 3.05) is 22.1 Å². The molecule has 2 aromatic carbocycles. The summed E-state index contributed by atoms with van der Waals surface area (Å²) in [5, 5.41) is 16.8. The van der Waals surface area contributed by atoms with Crippen LogP contribution in [-0.2, 0) is 4.79 Å². The lowest BCUT2D eigenvalue weighted by atomic mass is 10.0. The molecule has 2 aromatic rings. The van der Waals surface area contributed by atoms with E-state index in [-0.39, 0.29) is 11.8 Å². The maximum Gasteiger partial charge on any atom is 0.319 e. The number of halogens is 1. The van der Waals surface area contributed by atoms with Crippen LogP contribution in [0.1, 0.15) is 26.7 Å². The second kappa shape index (κ2) is 9.63. The van der Waals surface area contributed by atoms with Crippen LogP contribution in [0.4, 0.5) is 21.9 Å². The van der Waals surface area contributed by atoms with E-state index >= 15 is 0 Å². The van der Waals surface area contributed by atoms with Crippen molar-refractivity contribution >= 4 is 46.4 Å². The molecule has 0 aromatic heterocycles. The highest BCUT2D eigenvalue weighted by Crippen LogP contribution is 2.23. The van der Waals surface area contributed by atoms with E-state index in [1.807, 2.05) is 43.0 Å². The van der Waals surface area contributed by atoms with Crippen LogP contribution in [0.2, 0.25) is 5.02 Å². The lowest BCUT2D eigenvalue weighted by molar-refractivity contribution is -0.118. The van der Waals surface area contributed by atoms with Crippen LogP contribution < -0.4 is 20.9 Å². The highest BCUT2D eigenvalue weighted by molar-refractivity contribution is 6.30. The van der Waals surface area contributed by atoms with Crippen molar-refractivity contribution in [1.82, 2.24) is 5.32 Å². The molecular formula is C22H26ClN5O2. The highest BCUT2D eigenvalue weighted by Gasteiger charge is 2.25. The first kappa shape index (κ1) is 21.6. The van der Waals surface area contributed by atoms with Crippen molar-refractivity contribution in [3.63, 3.8) is 0 Å². The van der Waals surface area contributed by atoms with E-state index < -0.39 is 12.1 Å². The maximum absolute atomic E-state index is 12.8. The maximum atomic E-state index is 12.8. The summed E-state index contributed by atoms with van der Waals surface area (Å²) in [6.07, 6.45) is 1.77. The second-order valence-corrected chi connectivity index (χ2v) is 8.00. The summed E-state index contributed by atoms with van der Waals surface area (Å²) in [5.74, 6) is 0.214. The fourth-order valence-corrected chi connectivity index (χ4v) is 3.41. The number of carbonyl (C=O) groups is 2. The smallest absolute Gasteiger partial charge is 0.319 e.